The number of hydrogen-bond acceptors (Lipinski definition) is 5. The third kappa shape index (κ3) is 14.6. The minimum atomic E-state index is -1.61. The van der Waals surface area contributed by atoms with Crippen LogP contribution in [-0.4, -0.2) is 17.6 Å². The van der Waals surface area contributed by atoms with E-state index in [1.807, 2.05) is 0 Å². The van der Waals surface area contributed by atoms with Gasteiger partial charge in [0.1, 0.15) is 0 Å². The second-order valence-corrected chi connectivity index (χ2v) is 7.04. The van der Waals surface area contributed by atoms with Gasteiger partial charge in [0, 0.05) is 6.42 Å². The molecule has 24 heavy (non-hydrogen) atoms. The first kappa shape index (κ1) is 23.1. The fourth-order valence-corrected chi connectivity index (χ4v) is 2.55. The third-order valence-electron chi connectivity index (χ3n) is 4.13. The molecule has 0 saturated heterocycles. The normalized spacial score (nSPS) is 11.5. The molecule has 0 spiro atoms. The maximum atomic E-state index is 11.4. The van der Waals surface area contributed by atoms with Crippen molar-refractivity contribution in [3.05, 3.63) is 0 Å². The molecule has 5 nitrogen and oxygen atoms in total. The lowest BCUT2D eigenvalue weighted by atomic mass is 10.0. The number of carbonyl (C=O) groups is 2. The van der Waals surface area contributed by atoms with Gasteiger partial charge in [-0.05, 0) is 13.3 Å². The van der Waals surface area contributed by atoms with Crippen LogP contribution in [0.1, 0.15) is 104 Å². The highest BCUT2D eigenvalue weighted by Crippen LogP contribution is 2.13. The van der Waals surface area contributed by atoms with Gasteiger partial charge in [-0.15, -0.1) is 0 Å². The molecular weight excluding hydrogens is 304 g/mol. The predicted octanol–water partition coefficient (Wildman–Crippen LogP) is 4.17. The van der Waals surface area contributed by atoms with Crippen LogP contribution in [0.5, 0.6) is 0 Å². The van der Waals surface area contributed by atoms with Gasteiger partial charge in [0.15, 0.2) is 5.66 Å². The highest BCUT2D eigenvalue weighted by Gasteiger charge is 2.26. The lowest BCUT2D eigenvalue weighted by molar-refractivity contribution is -0.163. The Labute approximate surface area is 147 Å². The summed E-state index contributed by atoms with van der Waals surface area (Å²) in [4.78, 5) is 22.8. The molecule has 0 heterocycles. The van der Waals surface area contributed by atoms with Crippen molar-refractivity contribution in [2.24, 2.45) is 11.5 Å². The van der Waals surface area contributed by atoms with E-state index in [0.29, 0.717) is 0 Å². The molecule has 5 heteroatoms. The summed E-state index contributed by atoms with van der Waals surface area (Å²) in [5, 5.41) is 0. The van der Waals surface area contributed by atoms with E-state index in [1.165, 1.54) is 71.1 Å². The first-order valence-electron chi connectivity index (χ1n) is 9.70. The summed E-state index contributed by atoms with van der Waals surface area (Å²) >= 11 is 0. The average Bonchev–Trinajstić information content (AvgIpc) is 2.51. The van der Waals surface area contributed by atoms with Gasteiger partial charge in [-0.25, -0.2) is 4.79 Å². The fourth-order valence-electron chi connectivity index (χ4n) is 2.55. The number of esters is 2. The summed E-state index contributed by atoms with van der Waals surface area (Å²) in [6.07, 6.45) is 16.5. The molecule has 0 unspecified atom stereocenters. The van der Waals surface area contributed by atoms with E-state index < -0.39 is 17.6 Å². The Morgan fingerprint density at radius 3 is 1.50 bits per heavy atom. The molecule has 0 amide bonds. The molecule has 4 N–H and O–H groups in total. The zero-order valence-corrected chi connectivity index (χ0v) is 15.8. The van der Waals surface area contributed by atoms with E-state index in [1.54, 1.807) is 0 Å². The van der Waals surface area contributed by atoms with Gasteiger partial charge < -0.3 is 16.2 Å². The second-order valence-electron chi connectivity index (χ2n) is 7.04. The van der Waals surface area contributed by atoms with Crippen molar-refractivity contribution in [3.8, 4) is 0 Å². The Hall–Kier alpha value is -0.940. The Morgan fingerprint density at radius 2 is 1.12 bits per heavy atom. The van der Waals surface area contributed by atoms with Crippen LogP contribution in [0, 0.1) is 0 Å². The van der Waals surface area contributed by atoms with Gasteiger partial charge in [0.05, 0.1) is 0 Å². The molecule has 0 aliphatic carbocycles. The number of hydrogen-bond donors (Lipinski definition) is 2. The van der Waals surface area contributed by atoms with Crippen LogP contribution >= 0.6 is 0 Å². The molecule has 0 aliphatic heterocycles. The van der Waals surface area contributed by atoms with Crippen molar-refractivity contribution in [1.29, 1.82) is 0 Å². The number of nitrogens with two attached hydrogens (primary N) is 2. The van der Waals surface area contributed by atoms with E-state index in [-0.39, 0.29) is 6.42 Å². The molecule has 0 atom stereocenters. The molecule has 0 bridgehead atoms. The predicted molar refractivity (Wildman–Crippen MR) is 98.2 cm³/mol. The van der Waals surface area contributed by atoms with Gasteiger partial charge in [0.25, 0.3) is 0 Å². The zero-order valence-electron chi connectivity index (χ0n) is 15.8. The van der Waals surface area contributed by atoms with Crippen LogP contribution in [0.15, 0.2) is 0 Å². The molecule has 0 aliphatic rings. The van der Waals surface area contributed by atoms with Crippen LogP contribution in [0.25, 0.3) is 0 Å². The summed E-state index contributed by atoms with van der Waals surface area (Å²) in [5.41, 5.74) is 9.10. The van der Waals surface area contributed by atoms with Crippen LogP contribution < -0.4 is 11.5 Å². The molecule has 0 fully saturated rings. The summed E-state index contributed by atoms with van der Waals surface area (Å²) in [5.74, 6) is -1.41. The molecule has 0 aromatic carbocycles. The molecule has 0 aromatic heterocycles. The van der Waals surface area contributed by atoms with Gasteiger partial charge in [-0.2, -0.15) is 0 Å². The minimum Gasteiger partial charge on any atom is -0.391 e. The topological polar surface area (TPSA) is 95.4 Å². The molecule has 142 valence electrons. The lowest BCUT2D eigenvalue weighted by Crippen LogP contribution is -2.54. The first-order valence-corrected chi connectivity index (χ1v) is 9.70. The molecule has 0 rings (SSSR count). The van der Waals surface area contributed by atoms with Gasteiger partial charge in [-0.1, -0.05) is 84.0 Å². The number of unbranched alkanes of at least 4 members (excludes halogenated alkanes) is 12. The number of ether oxygens (including phenoxy) is 1. The molecule has 0 saturated carbocycles. The van der Waals surface area contributed by atoms with Crippen LogP contribution in [0.4, 0.5) is 0 Å². The summed E-state index contributed by atoms with van der Waals surface area (Å²) in [6, 6.07) is 0. The highest BCUT2D eigenvalue weighted by atomic mass is 16.6. The second kappa shape index (κ2) is 14.4. The standard InChI is InChI=1S/C19H38N2O3/c1-3-4-5-6-7-8-9-10-11-12-13-14-15-16-17(22)24-18(23)19(2,20)21/h3-16,20-21H2,1-2H3. The monoisotopic (exact) mass is 342 g/mol. The Balaban J connectivity index is 3.31. The maximum Gasteiger partial charge on any atom is 0.348 e. The van der Waals surface area contributed by atoms with Crippen molar-refractivity contribution >= 4 is 11.9 Å². The summed E-state index contributed by atoms with van der Waals surface area (Å²) in [6.45, 7) is 3.56. The first-order chi connectivity index (χ1) is 11.4. The summed E-state index contributed by atoms with van der Waals surface area (Å²) < 4.78 is 4.59. The Morgan fingerprint density at radius 1 is 0.750 bits per heavy atom. The van der Waals surface area contributed by atoms with E-state index in [9.17, 15) is 9.59 Å². The fraction of sp³-hybridized carbons (Fsp3) is 0.895. The largest absolute Gasteiger partial charge is 0.391 e. The smallest absolute Gasteiger partial charge is 0.348 e. The van der Waals surface area contributed by atoms with E-state index in [0.717, 1.165) is 19.3 Å². The number of rotatable bonds is 15. The van der Waals surface area contributed by atoms with Gasteiger partial charge in [-0.3, -0.25) is 4.79 Å². The quantitative estimate of drug-likeness (QED) is 0.201. The van der Waals surface area contributed by atoms with Crippen molar-refractivity contribution in [1.82, 2.24) is 0 Å². The zero-order chi connectivity index (χ0) is 18.3. The minimum absolute atomic E-state index is 0.250. The lowest BCUT2D eigenvalue weighted by Gasteiger charge is -2.15. The summed E-state index contributed by atoms with van der Waals surface area (Å²) in [7, 11) is 0. The van der Waals surface area contributed by atoms with Crippen molar-refractivity contribution in [3.63, 3.8) is 0 Å². The van der Waals surface area contributed by atoms with Crippen LogP contribution in [-0.2, 0) is 14.3 Å². The SMILES string of the molecule is CCCCCCCCCCCCCCCC(=O)OC(=O)C(C)(N)N. The number of carbonyl (C=O) groups excluding carboxylic acids is 2. The molecule has 0 aromatic rings. The van der Waals surface area contributed by atoms with E-state index in [2.05, 4.69) is 11.7 Å². The van der Waals surface area contributed by atoms with E-state index in [4.69, 9.17) is 11.5 Å². The third-order valence-corrected chi connectivity index (χ3v) is 4.13. The van der Waals surface area contributed by atoms with Gasteiger partial charge >= 0.3 is 11.9 Å². The van der Waals surface area contributed by atoms with Crippen molar-refractivity contribution in [2.45, 2.75) is 109 Å². The molecular formula is C19H38N2O3. The van der Waals surface area contributed by atoms with Crippen molar-refractivity contribution in [2.75, 3.05) is 0 Å². The van der Waals surface area contributed by atoms with Gasteiger partial charge in [0.2, 0.25) is 0 Å². The van der Waals surface area contributed by atoms with E-state index >= 15 is 0 Å². The van der Waals surface area contributed by atoms with Crippen LogP contribution in [0.3, 0.4) is 0 Å². The highest BCUT2D eigenvalue weighted by molar-refractivity contribution is 5.90. The van der Waals surface area contributed by atoms with Crippen molar-refractivity contribution < 1.29 is 14.3 Å². The van der Waals surface area contributed by atoms with Crippen LogP contribution in [0.2, 0.25) is 0 Å². The Bertz CT molecular complexity index is 338. The average molecular weight is 343 g/mol. The Kier molecular flexibility index (Phi) is 13.8. The maximum absolute atomic E-state index is 11.4. The molecule has 0 radical (unpaired) electrons.